The minimum atomic E-state index is -1.16. The third kappa shape index (κ3) is 5.47. The molecule has 1 saturated heterocycles. The van der Waals surface area contributed by atoms with Crippen molar-refractivity contribution in [1.82, 2.24) is 24.6 Å². The maximum absolute atomic E-state index is 13.7. The van der Waals surface area contributed by atoms with Gasteiger partial charge in [0, 0.05) is 32.5 Å². The van der Waals surface area contributed by atoms with Crippen molar-refractivity contribution in [3.05, 3.63) is 35.2 Å². The van der Waals surface area contributed by atoms with Gasteiger partial charge in [0.15, 0.2) is 5.82 Å². The van der Waals surface area contributed by atoms with Crippen molar-refractivity contribution >= 4 is 25.6 Å². The molecule has 1 fully saturated rings. The second-order valence-electron chi connectivity index (χ2n) is 12.0. The van der Waals surface area contributed by atoms with Crippen LogP contribution in [0.15, 0.2) is 18.2 Å². The van der Waals surface area contributed by atoms with Gasteiger partial charge in [-0.2, -0.15) is 5.10 Å². The summed E-state index contributed by atoms with van der Waals surface area (Å²) in [5, 5.41) is 8.34. The molecule has 1 amide bonds. The van der Waals surface area contributed by atoms with Gasteiger partial charge in [-0.15, -0.1) is 0 Å². The first-order valence-electron chi connectivity index (χ1n) is 13.1. The third-order valence-corrected chi connectivity index (χ3v) is 9.34. The molecule has 35 heavy (non-hydrogen) atoms. The number of amides is 1. The third-order valence-electron chi connectivity index (χ3n) is 7.63. The number of pyridine rings is 1. The minimum absolute atomic E-state index is 0.264. The van der Waals surface area contributed by atoms with E-state index < -0.39 is 8.07 Å². The Bertz CT molecular complexity index is 1080. The Hall–Kier alpha value is -2.23. The first-order chi connectivity index (χ1) is 16.7. The second kappa shape index (κ2) is 9.67. The van der Waals surface area contributed by atoms with E-state index in [1.165, 1.54) is 0 Å². The van der Waals surface area contributed by atoms with Crippen LogP contribution in [-0.4, -0.2) is 64.8 Å². The van der Waals surface area contributed by atoms with E-state index in [1.807, 2.05) is 15.6 Å². The van der Waals surface area contributed by atoms with Crippen molar-refractivity contribution in [1.29, 1.82) is 0 Å². The van der Waals surface area contributed by atoms with Crippen molar-refractivity contribution in [3.8, 4) is 0 Å². The van der Waals surface area contributed by atoms with Crippen LogP contribution in [0.1, 0.15) is 43.1 Å². The molecule has 0 radical (unpaired) electrons. The molecule has 2 atom stereocenters. The van der Waals surface area contributed by atoms with E-state index in [1.54, 1.807) is 0 Å². The summed E-state index contributed by atoms with van der Waals surface area (Å²) in [5.41, 5.74) is 2.96. The average molecular weight is 497 g/mol. The molecule has 5 rings (SSSR count). The first-order valence-corrected chi connectivity index (χ1v) is 16.8. The van der Waals surface area contributed by atoms with Crippen LogP contribution in [0.5, 0.6) is 0 Å². The van der Waals surface area contributed by atoms with E-state index in [9.17, 15) is 4.79 Å². The summed E-state index contributed by atoms with van der Waals surface area (Å²) in [7, 11) is -1.16. The predicted molar refractivity (Wildman–Crippen MR) is 140 cm³/mol. The summed E-state index contributed by atoms with van der Waals surface area (Å²) in [6.45, 7) is 14.5. The Balaban J connectivity index is 1.42. The van der Waals surface area contributed by atoms with Gasteiger partial charge in [0.25, 0.3) is 0 Å². The molecule has 2 aromatic rings. The highest BCUT2D eigenvalue weighted by Gasteiger charge is 2.44. The standard InChI is InChI=1S/C26H40N6O2Si/c1-26-11-13-30(18-26)12-6-5-8-20-9-7-10-23(27-20)28-24-21-16-31(25(26)33)17-22(21)32(29-24)19-34-14-15-35(2,3)4/h7,9-10H,5-6,8,11-19H2,1-4H3,(H,27,28,29). The lowest BCUT2D eigenvalue weighted by Gasteiger charge is -2.29. The van der Waals surface area contributed by atoms with Crippen molar-refractivity contribution in [3.63, 3.8) is 0 Å². The molecule has 8 nitrogen and oxygen atoms in total. The van der Waals surface area contributed by atoms with Gasteiger partial charge in [0.1, 0.15) is 12.5 Å². The van der Waals surface area contributed by atoms with Crippen LogP contribution >= 0.6 is 0 Å². The fraction of sp³-hybridized carbons (Fsp3) is 0.654. The van der Waals surface area contributed by atoms with Crippen LogP contribution in [0.3, 0.4) is 0 Å². The summed E-state index contributed by atoms with van der Waals surface area (Å²) >= 11 is 0. The van der Waals surface area contributed by atoms with Gasteiger partial charge in [0.05, 0.1) is 24.2 Å². The number of carbonyl (C=O) groups is 1. The number of rotatable bonds is 5. The topological polar surface area (TPSA) is 75.5 Å². The summed E-state index contributed by atoms with van der Waals surface area (Å²) in [6, 6.07) is 7.29. The molecule has 3 aliphatic heterocycles. The quantitative estimate of drug-likeness (QED) is 0.493. The number of aromatic nitrogens is 3. The number of aryl methyl sites for hydroxylation is 1. The number of hydrogen-bond acceptors (Lipinski definition) is 6. The van der Waals surface area contributed by atoms with E-state index in [2.05, 4.69) is 48.9 Å². The fourth-order valence-electron chi connectivity index (χ4n) is 5.44. The number of nitrogens with one attached hydrogen (secondary N) is 1. The molecule has 9 heteroatoms. The largest absolute Gasteiger partial charge is 0.360 e. The average Bonchev–Trinajstić information content (AvgIpc) is 3.49. The molecular formula is C26H40N6O2Si. The molecule has 0 spiro atoms. The zero-order chi connectivity index (χ0) is 24.6. The van der Waals surface area contributed by atoms with Gasteiger partial charge in [-0.3, -0.25) is 4.79 Å². The first kappa shape index (κ1) is 24.5. The lowest BCUT2D eigenvalue weighted by Crippen LogP contribution is -2.42. The Morgan fingerprint density at radius 1 is 1.17 bits per heavy atom. The van der Waals surface area contributed by atoms with E-state index in [4.69, 9.17) is 14.8 Å². The molecule has 1 N–H and O–H groups in total. The number of fused-ring (bicyclic) bond motifs is 5. The summed E-state index contributed by atoms with van der Waals surface area (Å²) < 4.78 is 8.00. The molecule has 2 unspecified atom stereocenters. The van der Waals surface area contributed by atoms with Gasteiger partial charge in [-0.25, -0.2) is 9.67 Å². The highest BCUT2D eigenvalue weighted by atomic mass is 28.3. The summed E-state index contributed by atoms with van der Waals surface area (Å²) in [4.78, 5) is 23.1. The zero-order valence-corrected chi connectivity index (χ0v) is 22.8. The monoisotopic (exact) mass is 496 g/mol. The highest BCUT2D eigenvalue weighted by molar-refractivity contribution is 6.76. The number of anilines is 2. The highest BCUT2D eigenvalue weighted by Crippen LogP contribution is 2.37. The Kier molecular flexibility index (Phi) is 6.76. The molecule has 190 valence electrons. The zero-order valence-electron chi connectivity index (χ0n) is 21.8. The maximum atomic E-state index is 13.7. The Labute approximate surface area is 210 Å². The van der Waals surface area contributed by atoms with E-state index in [0.717, 1.165) is 86.6 Å². The minimum Gasteiger partial charge on any atom is -0.360 e. The number of hydrogen-bond donors (Lipinski definition) is 1. The Morgan fingerprint density at radius 3 is 2.86 bits per heavy atom. The Morgan fingerprint density at radius 2 is 2.03 bits per heavy atom. The van der Waals surface area contributed by atoms with Gasteiger partial charge in [-0.05, 0) is 63.9 Å². The molecule has 0 aliphatic carbocycles. The van der Waals surface area contributed by atoms with Crippen LogP contribution in [0.4, 0.5) is 11.6 Å². The van der Waals surface area contributed by atoms with Gasteiger partial charge >= 0.3 is 0 Å². The summed E-state index contributed by atoms with van der Waals surface area (Å²) in [6.07, 6.45) is 4.12. The van der Waals surface area contributed by atoms with Crippen LogP contribution in [0.25, 0.3) is 0 Å². The lowest BCUT2D eigenvalue weighted by molar-refractivity contribution is -0.141. The van der Waals surface area contributed by atoms with Crippen molar-refractivity contribution in [2.24, 2.45) is 5.41 Å². The molecule has 0 saturated carbocycles. The lowest BCUT2D eigenvalue weighted by atomic mass is 9.88. The van der Waals surface area contributed by atoms with Crippen LogP contribution < -0.4 is 5.32 Å². The van der Waals surface area contributed by atoms with Gasteiger partial charge in [0.2, 0.25) is 5.91 Å². The molecule has 3 aliphatic rings. The molecule has 2 aromatic heterocycles. The van der Waals surface area contributed by atoms with Crippen molar-refractivity contribution < 1.29 is 9.53 Å². The molecule has 5 heterocycles. The van der Waals surface area contributed by atoms with E-state index >= 15 is 0 Å². The fourth-order valence-corrected chi connectivity index (χ4v) is 6.20. The maximum Gasteiger partial charge on any atom is 0.230 e. The smallest absolute Gasteiger partial charge is 0.230 e. The van der Waals surface area contributed by atoms with Crippen LogP contribution in [0, 0.1) is 5.41 Å². The second-order valence-corrected chi connectivity index (χ2v) is 17.6. The van der Waals surface area contributed by atoms with Crippen molar-refractivity contribution in [2.75, 3.05) is 31.6 Å². The van der Waals surface area contributed by atoms with Crippen molar-refractivity contribution in [2.45, 2.75) is 78.1 Å². The number of nitrogens with zero attached hydrogens (tertiary/aromatic N) is 5. The van der Waals surface area contributed by atoms with E-state index in [-0.39, 0.29) is 11.3 Å². The predicted octanol–water partition coefficient (Wildman–Crippen LogP) is 4.22. The normalized spacial score (nSPS) is 24.6. The molecule has 6 bridgehead atoms. The number of carbonyl (C=O) groups excluding carboxylic acids is 1. The van der Waals surface area contributed by atoms with Gasteiger partial charge < -0.3 is 19.9 Å². The van der Waals surface area contributed by atoms with Crippen LogP contribution in [-0.2, 0) is 35.8 Å². The molecular weight excluding hydrogens is 456 g/mol. The molecule has 0 aromatic carbocycles. The number of ether oxygens (including phenoxy) is 1. The van der Waals surface area contributed by atoms with Crippen LogP contribution in [0.2, 0.25) is 25.7 Å². The SMILES string of the molecule is CC12CCN(CCCCc3cccc(n3)Nc3nn(COCC[Si](C)(C)C)c4c3CN(C4)C1=O)C2. The van der Waals surface area contributed by atoms with E-state index in [0.29, 0.717) is 19.8 Å². The van der Waals surface area contributed by atoms with Gasteiger partial charge in [-0.1, -0.05) is 25.7 Å². The summed E-state index contributed by atoms with van der Waals surface area (Å²) in [5.74, 6) is 1.86.